The maximum atomic E-state index is 11.5. The number of hydrogen-bond acceptors (Lipinski definition) is 3. The van der Waals surface area contributed by atoms with Gasteiger partial charge in [-0.2, -0.15) is 0 Å². The number of carbonyl (C=O) groups excluding carboxylic acids is 1. The third-order valence-corrected chi connectivity index (χ3v) is 4.56. The van der Waals surface area contributed by atoms with Crippen molar-refractivity contribution >= 4 is 16.7 Å². The van der Waals surface area contributed by atoms with Crippen LogP contribution in [-0.4, -0.2) is 25.7 Å². The Balaban J connectivity index is 1.76. The van der Waals surface area contributed by atoms with Crippen molar-refractivity contribution < 1.29 is 9.53 Å². The molecule has 3 aromatic carbocycles. The fourth-order valence-electron chi connectivity index (χ4n) is 3.28. The standard InChI is InChI=1S/C23H25NO2/c1-2-26-23(25)17-24-15-14-22(19-9-4-3-5-10-19)21-13-12-18-8-6-7-11-20(18)16-21/h3-13,16,22,24H,2,14-15,17H2,1H3. The summed E-state index contributed by atoms with van der Waals surface area (Å²) in [6.07, 6.45) is 0.918. The van der Waals surface area contributed by atoms with E-state index in [-0.39, 0.29) is 18.4 Å². The van der Waals surface area contributed by atoms with Gasteiger partial charge < -0.3 is 10.1 Å². The summed E-state index contributed by atoms with van der Waals surface area (Å²) in [6, 6.07) is 25.6. The summed E-state index contributed by atoms with van der Waals surface area (Å²) in [5.74, 6) is 0.0879. The van der Waals surface area contributed by atoms with Gasteiger partial charge in [-0.1, -0.05) is 72.8 Å². The summed E-state index contributed by atoms with van der Waals surface area (Å²) in [6.45, 7) is 3.26. The van der Waals surface area contributed by atoms with Crippen LogP contribution < -0.4 is 5.32 Å². The van der Waals surface area contributed by atoms with Crippen LogP contribution in [0.15, 0.2) is 72.8 Å². The molecule has 0 bridgehead atoms. The molecule has 1 unspecified atom stereocenters. The highest BCUT2D eigenvalue weighted by Gasteiger charge is 2.14. The smallest absolute Gasteiger partial charge is 0.319 e. The van der Waals surface area contributed by atoms with E-state index in [0.717, 1.165) is 13.0 Å². The van der Waals surface area contributed by atoms with E-state index in [1.165, 1.54) is 21.9 Å². The molecule has 0 spiro atoms. The average molecular weight is 347 g/mol. The minimum Gasteiger partial charge on any atom is -0.465 e. The average Bonchev–Trinajstić information content (AvgIpc) is 2.68. The van der Waals surface area contributed by atoms with E-state index < -0.39 is 0 Å². The minimum absolute atomic E-state index is 0.200. The summed E-state index contributed by atoms with van der Waals surface area (Å²) in [4.78, 5) is 11.5. The summed E-state index contributed by atoms with van der Waals surface area (Å²) in [5.41, 5.74) is 2.59. The highest BCUT2D eigenvalue weighted by Crippen LogP contribution is 2.30. The molecule has 0 heterocycles. The molecule has 0 aromatic heterocycles. The second-order valence-electron chi connectivity index (χ2n) is 6.34. The quantitative estimate of drug-likeness (QED) is 0.481. The zero-order valence-electron chi connectivity index (χ0n) is 15.2. The maximum absolute atomic E-state index is 11.5. The maximum Gasteiger partial charge on any atom is 0.319 e. The normalized spacial score (nSPS) is 12.0. The molecule has 26 heavy (non-hydrogen) atoms. The Bertz CT molecular complexity index is 845. The van der Waals surface area contributed by atoms with Gasteiger partial charge in [-0.05, 0) is 41.8 Å². The predicted molar refractivity (Wildman–Crippen MR) is 106 cm³/mol. The fourth-order valence-corrected chi connectivity index (χ4v) is 3.28. The van der Waals surface area contributed by atoms with E-state index in [2.05, 4.69) is 72.0 Å². The molecule has 0 aliphatic heterocycles. The predicted octanol–water partition coefficient (Wildman–Crippen LogP) is 4.51. The molecule has 3 rings (SSSR count). The molecule has 134 valence electrons. The SMILES string of the molecule is CCOC(=O)CNCCC(c1ccccc1)c1ccc2ccccc2c1. The van der Waals surface area contributed by atoms with Crippen molar-refractivity contribution in [2.24, 2.45) is 0 Å². The van der Waals surface area contributed by atoms with Gasteiger partial charge in [0.05, 0.1) is 13.2 Å². The van der Waals surface area contributed by atoms with Crippen molar-refractivity contribution in [1.29, 1.82) is 0 Å². The number of hydrogen-bond donors (Lipinski definition) is 1. The Labute approximate surface area is 155 Å². The van der Waals surface area contributed by atoms with Gasteiger partial charge in [0, 0.05) is 5.92 Å². The molecule has 0 aliphatic carbocycles. The summed E-state index contributed by atoms with van der Waals surface area (Å²) >= 11 is 0. The van der Waals surface area contributed by atoms with E-state index in [9.17, 15) is 4.79 Å². The third-order valence-electron chi connectivity index (χ3n) is 4.56. The molecule has 0 aliphatic rings. The first-order chi connectivity index (χ1) is 12.8. The third kappa shape index (κ3) is 4.70. The molecule has 3 nitrogen and oxygen atoms in total. The number of fused-ring (bicyclic) bond motifs is 1. The van der Waals surface area contributed by atoms with Gasteiger partial charge >= 0.3 is 5.97 Å². The van der Waals surface area contributed by atoms with E-state index in [4.69, 9.17) is 4.74 Å². The van der Waals surface area contributed by atoms with Crippen LogP contribution in [0.4, 0.5) is 0 Å². The highest BCUT2D eigenvalue weighted by atomic mass is 16.5. The van der Waals surface area contributed by atoms with Crippen molar-refractivity contribution in [3.8, 4) is 0 Å². The molecule has 0 amide bonds. The van der Waals surface area contributed by atoms with Crippen molar-refractivity contribution in [3.63, 3.8) is 0 Å². The summed E-state index contributed by atoms with van der Waals surface area (Å²) in [5, 5.41) is 5.71. The number of nitrogens with one attached hydrogen (secondary N) is 1. The van der Waals surface area contributed by atoms with Crippen molar-refractivity contribution in [3.05, 3.63) is 83.9 Å². The molecular formula is C23H25NO2. The monoisotopic (exact) mass is 347 g/mol. The zero-order valence-corrected chi connectivity index (χ0v) is 15.2. The molecule has 0 fully saturated rings. The fraction of sp³-hybridized carbons (Fsp3) is 0.261. The van der Waals surface area contributed by atoms with Gasteiger partial charge in [0.15, 0.2) is 0 Å². The molecule has 1 N–H and O–H groups in total. The largest absolute Gasteiger partial charge is 0.465 e. The number of esters is 1. The lowest BCUT2D eigenvalue weighted by molar-refractivity contribution is -0.141. The first kappa shape index (κ1) is 18.2. The second kappa shape index (κ2) is 9.16. The van der Waals surface area contributed by atoms with Crippen LogP contribution >= 0.6 is 0 Å². The van der Waals surface area contributed by atoms with Crippen LogP contribution in [0, 0.1) is 0 Å². The molecule has 3 aromatic rings. The Morgan fingerprint density at radius 2 is 1.65 bits per heavy atom. The van der Waals surface area contributed by atoms with Crippen LogP contribution in [0.2, 0.25) is 0 Å². The van der Waals surface area contributed by atoms with Crippen LogP contribution in [0.3, 0.4) is 0 Å². The van der Waals surface area contributed by atoms with Crippen molar-refractivity contribution in [2.45, 2.75) is 19.3 Å². The molecule has 3 heteroatoms. The van der Waals surface area contributed by atoms with Gasteiger partial charge in [0.1, 0.15) is 0 Å². The Morgan fingerprint density at radius 1 is 0.923 bits per heavy atom. The van der Waals surface area contributed by atoms with Gasteiger partial charge in [-0.25, -0.2) is 0 Å². The zero-order chi connectivity index (χ0) is 18.2. The first-order valence-corrected chi connectivity index (χ1v) is 9.18. The lowest BCUT2D eigenvalue weighted by Gasteiger charge is -2.19. The van der Waals surface area contributed by atoms with Crippen molar-refractivity contribution in [2.75, 3.05) is 19.7 Å². The Morgan fingerprint density at radius 3 is 2.42 bits per heavy atom. The van der Waals surface area contributed by atoms with Crippen molar-refractivity contribution in [1.82, 2.24) is 5.32 Å². The molecular weight excluding hydrogens is 322 g/mol. The molecule has 0 saturated carbocycles. The number of ether oxygens (including phenoxy) is 1. The molecule has 1 atom stereocenters. The topological polar surface area (TPSA) is 38.3 Å². The van der Waals surface area contributed by atoms with Gasteiger partial charge in [-0.3, -0.25) is 4.79 Å². The van der Waals surface area contributed by atoms with Crippen LogP contribution in [0.25, 0.3) is 10.8 Å². The molecule has 0 radical (unpaired) electrons. The Hall–Kier alpha value is -2.65. The van der Waals surface area contributed by atoms with E-state index in [1.807, 2.05) is 13.0 Å². The minimum atomic E-state index is -0.200. The summed E-state index contributed by atoms with van der Waals surface area (Å²) in [7, 11) is 0. The van der Waals surface area contributed by atoms with Gasteiger partial charge in [-0.15, -0.1) is 0 Å². The van der Waals surface area contributed by atoms with E-state index in [0.29, 0.717) is 6.61 Å². The molecule has 0 saturated heterocycles. The van der Waals surface area contributed by atoms with Gasteiger partial charge in [0.25, 0.3) is 0 Å². The summed E-state index contributed by atoms with van der Waals surface area (Å²) < 4.78 is 4.96. The lowest BCUT2D eigenvalue weighted by Crippen LogP contribution is -2.26. The number of rotatable bonds is 8. The van der Waals surface area contributed by atoms with Crippen LogP contribution in [0.1, 0.15) is 30.4 Å². The second-order valence-corrected chi connectivity index (χ2v) is 6.34. The van der Waals surface area contributed by atoms with E-state index in [1.54, 1.807) is 0 Å². The first-order valence-electron chi connectivity index (χ1n) is 9.18. The van der Waals surface area contributed by atoms with Crippen LogP contribution in [-0.2, 0) is 9.53 Å². The van der Waals surface area contributed by atoms with Crippen LogP contribution in [0.5, 0.6) is 0 Å². The number of carbonyl (C=O) groups is 1. The lowest BCUT2D eigenvalue weighted by atomic mass is 9.87. The number of benzene rings is 3. The van der Waals surface area contributed by atoms with E-state index >= 15 is 0 Å². The van der Waals surface area contributed by atoms with Gasteiger partial charge in [0.2, 0.25) is 0 Å². The Kier molecular flexibility index (Phi) is 6.39. The highest BCUT2D eigenvalue weighted by molar-refractivity contribution is 5.83.